The molecule has 0 aromatic rings. The average Bonchev–Trinajstić information content (AvgIpc) is 2.03. The lowest BCUT2D eigenvalue weighted by atomic mass is 9.77. The molecule has 2 nitrogen and oxygen atoms in total. The van der Waals surface area contributed by atoms with Gasteiger partial charge in [-0.05, 0) is 18.3 Å². The van der Waals surface area contributed by atoms with E-state index in [1.165, 1.54) is 0 Å². The minimum Gasteiger partial charge on any atom is -0.356 e. The third kappa shape index (κ3) is 1.79. The largest absolute Gasteiger partial charge is 0.356 e. The van der Waals surface area contributed by atoms with E-state index in [9.17, 15) is 4.79 Å². The molecule has 1 aliphatic heterocycles. The van der Waals surface area contributed by atoms with Crippen molar-refractivity contribution >= 4 is 5.91 Å². The van der Waals surface area contributed by atoms with E-state index in [2.05, 4.69) is 26.1 Å². The van der Waals surface area contributed by atoms with E-state index in [0.29, 0.717) is 11.8 Å². The van der Waals surface area contributed by atoms with E-state index in [0.717, 1.165) is 19.4 Å². The molecular formula is C10H19NO. The molecule has 0 aliphatic carbocycles. The molecule has 0 aromatic carbocycles. The molecular weight excluding hydrogens is 150 g/mol. The van der Waals surface area contributed by atoms with E-state index in [4.69, 9.17) is 0 Å². The number of hydrogen-bond acceptors (Lipinski definition) is 1. The van der Waals surface area contributed by atoms with Crippen molar-refractivity contribution in [2.75, 3.05) is 6.54 Å². The van der Waals surface area contributed by atoms with Gasteiger partial charge in [-0.2, -0.15) is 0 Å². The molecule has 0 spiro atoms. The molecule has 1 N–H and O–H groups in total. The summed E-state index contributed by atoms with van der Waals surface area (Å²) in [4.78, 5) is 11.5. The van der Waals surface area contributed by atoms with Crippen molar-refractivity contribution in [1.29, 1.82) is 0 Å². The Morgan fingerprint density at radius 2 is 2.25 bits per heavy atom. The fraction of sp³-hybridized carbons (Fsp3) is 0.900. The van der Waals surface area contributed by atoms with Crippen LogP contribution in [0.5, 0.6) is 0 Å². The number of nitrogens with one attached hydrogen (secondary N) is 1. The molecule has 70 valence electrons. The standard InChI is InChI=1S/C10H19NO/c1-4-8-5-6-11-10(12)9(8)7(2)3/h7-9H,4-6H2,1-3H3,(H,11,12). The van der Waals surface area contributed by atoms with Gasteiger partial charge in [-0.3, -0.25) is 4.79 Å². The van der Waals surface area contributed by atoms with Gasteiger partial charge in [0.1, 0.15) is 0 Å². The smallest absolute Gasteiger partial charge is 0.223 e. The first-order valence-electron chi connectivity index (χ1n) is 4.94. The third-order valence-corrected chi connectivity index (χ3v) is 2.87. The quantitative estimate of drug-likeness (QED) is 0.671. The molecule has 12 heavy (non-hydrogen) atoms. The first-order valence-corrected chi connectivity index (χ1v) is 4.94. The third-order valence-electron chi connectivity index (χ3n) is 2.87. The average molecular weight is 169 g/mol. The Labute approximate surface area is 74.7 Å². The summed E-state index contributed by atoms with van der Waals surface area (Å²) in [6.45, 7) is 7.33. The second kappa shape index (κ2) is 3.92. The Morgan fingerprint density at radius 3 is 2.67 bits per heavy atom. The highest BCUT2D eigenvalue weighted by Gasteiger charge is 2.32. The molecule has 0 aromatic heterocycles. The van der Waals surface area contributed by atoms with Crippen molar-refractivity contribution in [3.8, 4) is 0 Å². The van der Waals surface area contributed by atoms with Gasteiger partial charge in [-0.1, -0.05) is 27.2 Å². The molecule has 2 heteroatoms. The van der Waals surface area contributed by atoms with Gasteiger partial charge in [0.15, 0.2) is 0 Å². The van der Waals surface area contributed by atoms with Gasteiger partial charge in [0.2, 0.25) is 5.91 Å². The molecule has 1 amide bonds. The summed E-state index contributed by atoms with van der Waals surface area (Å²) in [5, 5.41) is 2.94. The van der Waals surface area contributed by atoms with Crippen LogP contribution in [0.25, 0.3) is 0 Å². The molecule has 1 saturated heterocycles. The molecule has 0 saturated carbocycles. The summed E-state index contributed by atoms with van der Waals surface area (Å²) >= 11 is 0. The summed E-state index contributed by atoms with van der Waals surface area (Å²) < 4.78 is 0. The van der Waals surface area contributed by atoms with E-state index >= 15 is 0 Å². The van der Waals surface area contributed by atoms with Crippen molar-refractivity contribution < 1.29 is 4.79 Å². The zero-order valence-electron chi connectivity index (χ0n) is 8.26. The Balaban J connectivity index is 2.66. The molecule has 2 unspecified atom stereocenters. The van der Waals surface area contributed by atoms with Crippen molar-refractivity contribution in [2.24, 2.45) is 17.8 Å². The Kier molecular flexibility index (Phi) is 3.12. The van der Waals surface area contributed by atoms with Crippen molar-refractivity contribution in [2.45, 2.75) is 33.6 Å². The number of piperidine rings is 1. The van der Waals surface area contributed by atoms with Crippen LogP contribution in [-0.2, 0) is 4.79 Å². The van der Waals surface area contributed by atoms with Crippen LogP contribution >= 0.6 is 0 Å². The maximum absolute atomic E-state index is 11.5. The van der Waals surface area contributed by atoms with Gasteiger partial charge in [0, 0.05) is 12.5 Å². The number of rotatable bonds is 2. The number of carbonyl (C=O) groups is 1. The van der Waals surface area contributed by atoms with Gasteiger partial charge < -0.3 is 5.32 Å². The van der Waals surface area contributed by atoms with E-state index < -0.39 is 0 Å². The SMILES string of the molecule is CCC1CCNC(=O)C1C(C)C. The fourth-order valence-electron chi connectivity index (χ4n) is 2.20. The first kappa shape index (κ1) is 9.56. The van der Waals surface area contributed by atoms with Gasteiger partial charge in [0.25, 0.3) is 0 Å². The molecule has 1 rings (SSSR count). The van der Waals surface area contributed by atoms with Gasteiger partial charge in [-0.15, -0.1) is 0 Å². The normalized spacial score (nSPS) is 30.5. The van der Waals surface area contributed by atoms with Crippen LogP contribution in [0.1, 0.15) is 33.6 Å². The van der Waals surface area contributed by atoms with Crippen LogP contribution in [0.3, 0.4) is 0 Å². The highest BCUT2D eigenvalue weighted by molar-refractivity contribution is 5.79. The lowest BCUT2D eigenvalue weighted by molar-refractivity contribution is -0.130. The minimum absolute atomic E-state index is 0.253. The van der Waals surface area contributed by atoms with Gasteiger partial charge >= 0.3 is 0 Å². The summed E-state index contributed by atoms with van der Waals surface area (Å²) in [6.07, 6.45) is 2.29. The van der Waals surface area contributed by atoms with Crippen molar-refractivity contribution in [3.63, 3.8) is 0 Å². The Bertz CT molecular complexity index is 165. The predicted molar refractivity (Wildman–Crippen MR) is 49.7 cm³/mol. The maximum Gasteiger partial charge on any atom is 0.223 e. The summed E-state index contributed by atoms with van der Waals surface area (Å²) in [7, 11) is 0. The van der Waals surface area contributed by atoms with Gasteiger partial charge in [0.05, 0.1) is 0 Å². The van der Waals surface area contributed by atoms with Crippen LogP contribution in [0.15, 0.2) is 0 Å². The van der Waals surface area contributed by atoms with Gasteiger partial charge in [-0.25, -0.2) is 0 Å². The van der Waals surface area contributed by atoms with Crippen LogP contribution in [-0.4, -0.2) is 12.5 Å². The topological polar surface area (TPSA) is 29.1 Å². The van der Waals surface area contributed by atoms with E-state index in [1.807, 2.05) is 0 Å². The lowest BCUT2D eigenvalue weighted by Gasteiger charge is -2.32. The first-order chi connectivity index (χ1) is 5.66. The van der Waals surface area contributed by atoms with Crippen molar-refractivity contribution in [1.82, 2.24) is 5.32 Å². The van der Waals surface area contributed by atoms with E-state index in [-0.39, 0.29) is 11.8 Å². The molecule has 0 bridgehead atoms. The highest BCUT2D eigenvalue weighted by Crippen LogP contribution is 2.29. The van der Waals surface area contributed by atoms with Crippen molar-refractivity contribution in [3.05, 3.63) is 0 Å². The zero-order valence-corrected chi connectivity index (χ0v) is 8.26. The molecule has 1 aliphatic rings. The molecule has 1 fully saturated rings. The number of amides is 1. The number of hydrogen-bond donors (Lipinski definition) is 1. The van der Waals surface area contributed by atoms with Crippen LogP contribution in [0.4, 0.5) is 0 Å². The molecule has 2 atom stereocenters. The predicted octanol–water partition coefficient (Wildman–Crippen LogP) is 1.80. The van der Waals surface area contributed by atoms with E-state index in [1.54, 1.807) is 0 Å². The summed E-state index contributed by atoms with van der Waals surface area (Å²) in [5.41, 5.74) is 0. The number of carbonyl (C=O) groups excluding carboxylic acids is 1. The fourth-order valence-corrected chi connectivity index (χ4v) is 2.20. The minimum atomic E-state index is 0.253. The monoisotopic (exact) mass is 169 g/mol. The van der Waals surface area contributed by atoms with Crippen LogP contribution < -0.4 is 5.32 Å². The molecule has 1 heterocycles. The molecule has 0 radical (unpaired) electrons. The van der Waals surface area contributed by atoms with Crippen LogP contribution in [0, 0.1) is 17.8 Å². The second-order valence-electron chi connectivity index (χ2n) is 4.02. The summed E-state index contributed by atoms with van der Waals surface area (Å²) in [6, 6.07) is 0. The lowest BCUT2D eigenvalue weighted by Crippen LogP contribution is -2.44. The Morgan fingerprint density at radius 1 is 1.58 bits per heavy atom. The highest BCUT2D eigenvalue weighted by atomic mass is 16.1. The zero-order chi connectivity index (χ0) is 9.14. The summed E-state index contributed by atoms with van der Waals surface area (Å²) in [5.74, 6) is 1.61. The second-order valence-corrected chi connectivity index (χ2v) is 4.02. The Hall–Kier alpha value is -0.530. The maximum atomic E-state index is 11.5. The van der Waals surface area contributed by atoms with Crippen LogP contribution in [0.2, 0.25) is 0 Å².